The maximum atomic E-state index is 12.4. The summed E-state index contributed by atoms with van der Waals surface area (Å²) in [7, 11) is 0. The van der Waals surface area contributed by atoms with E-state index in [-0.39, 0.29) is 23.8 Å². The standard InChI is InChI=1S/C19H28N2O3/c1-4-24-19(23)17-6-5-11-21(13-17)15(3)18(22)20-12-16-9-7-14(2)8-10-16/h7-10,15,17H,4-6,11-13H2,1-3H3,(H,20,22). The van der Waals surface area contributed by atoms with Crippen LogP contribution in [-0.4, -0.2) is 42.5 Å². The Morgan fingerprint density at radius 3 is 2.71 bits per heavy atom. The van der Waals surface area contributed by atoms with Crippen LogP contribution in [0.2, 0.25) is 0 Å². The van der Waals surface area contributed by atoms with Crippen molar-refractivity contribution in [2.75, 3.05) is 19.7 Å². The third-order valence-electron chi connectivity index (χ3n) is 4.59. The second-order valence-corrected chi connectivity index (χ2v) is 6.47. The Balaban J connectivity index is 1.85. The molecular formula is C19H28N2O3. The number of hydrogen-bond donors (Lipinski definition) is 1. The number of nitrogens with zero attached hydrogens (tertiary/aromatic N) is 1. The molecule has 0 bridgehead atoms. The van der Waals surface area contributed by atoms with Crippen LogP contribution >= 0.6 is 0 Å². The van der Waals surface area contributed by atoms with E-state index in [2.05, 4.69) is 10.2 Å². The van der Waals surface area contributed by atoms with E-state index in [1.165, 1.54) is 5.56 Å². The van der Waals surface area contributed by atoms with Crippen molar-refractivity contribution >= 4 is 11.9 Å². The molecule has 1 N–H and O–H groups in total. The Morgan fingerprint density at radius 2 is 2.04 bits per heavy atom. The molecule has 1 heterocycles. The average Bonchev–Trinajstić information content (AvgIpc) is 2.60. The van der Waals surface area contributed by atoms with E-state index < -0.39 is 0 Å². The molecule has 1 aromatic rings. The Morgan fingerprint density at radius 1 is 1.33 bits per heavy atom. The van der Waals surface area contributed by atoms with Gasteiger partial charge in [0.2, 0.25) is 5.91 Å². The fourth-order valence-corrected chi connectivity index (χ4v) is 3.02. The lowest BCUT2D eigenvalue weighted by Gasteiger charge is -2.35. The molecule has 1 fully saturated rings. The number of carbonyl (C=O) groups excluding carboxylic acids is 2. The maximum absolute atomic E-state index is 12.4. The van der Waals surface area contributed by atoms with Crippen molar-refractivity contribution in [1.82, 2.24) is 10.2 Å². The molecule has 2 atom stereocenters. The van der Waals surface area contributed by atoms with Crippen molar-refractivity contribution in [1.29, 1.82) is 0 Å². The Labute approximate surface area is 144 Å². The number of amides is 1. The van der Waals surface area contributed by atoms with Crippen LogP contribution in [0.4, 0.5) is 0 Å². The Kier molecular flexibility index (Phi) is 6.79. The smallest absolute Gasteiger partial charge is 0.310 e. The van der Waals surface area contributed by atoms with Gasteiger partial charge in [-0.05, 0) is 45.7 Å². The molecule has 0 saturated carbocycles. The van der Waals surface area contributed by atoms with Crippen LogP contribution in [0.25, 0.3) is 0 Å². The van der Waals surface area contributed by atoms with Crippen molar-refractivity contribution in [2.45, 2.75) is 46.2 Å². The zero-order valence-corrected chi connectivity index (χ0v) is 14.9. The van der Waals surface area contributed by atoms with Crippen LogP contribution < -0.4 is 5.32 Å². The van der Waals surface area contributed by atoms with Crippen LogP contribution in [-0.2, 0) is 20.9 Å². The summed E-state index contributed by atoms with van der Waals surface area (Å²) in [4.78, 5) is 26.4. The molecule has 0 aromatic heterocycles. The molecule has 1 aliphatic heterocycles. The van der Waals surface area contributed by atoms with Gasteiger partial charge >= 0.3 is 5.97 Å². The van der Waals surface area contributed by atoms with Gasteiger partial charge in [-0.3, -0.25) is 14.5 Å². The number of benzene rings is 1. The predicted molar refractivity (Wildman–Crippen MR) is 93.4 cm³/mol. The molecule has 1 amide bonds. The summed E-state index contributed by atoms with van der Waals surface area (Å²) in [5.41, 5.74) is 2.29. The normalized spacial score (nSPS) is 19.5. The second kappa shape index (κ2) is 8.83. The fraction of sp³-hybridized carbons (Fsp3) is 0.579. The number of carbonyl (C=O) groups is 2. The van der Waals surface area contributed by atoms with Gasteiger partial charge in [0.05, 0.1) is 18.6 Å². The number of aryl methyl sites for hydroxylation is 1. The number of rotatable bonds is 6. The molecule has 5 heteroatoms. The van der Waals surface area contributed by atoms with Gasteiger partial charge < -0.3 is 10.1 Å². The van der Waals surface area contributed by atoms with E-state index in [0.717, 1.165) is 24.9 Å². The summed E-state index contributed by atoms with van der Waals surface area (Å²) in [5.74, 6) is -0.263. The number of hydrogen-bond acceptors (Lipinski definition) is 4. The Hall–Kier alpha value is -1.88. The highest BCUT2D eigenvalue weighted by molar-refractivity contribution is 5.81. The first-order chi connectivity index (χ1) is 11.5. The van der Waals surface area contributed by atoms with Gasteiger partial charge in [0.25, 0.3) is 0 Å². The first-order valence-electron chi connectivity index (χ1n) is 8.75. The van der Waals surface area contributed by atoms with Gasteiger partial charge in [-0.2, -0.15) is 0 Å². The van der Waals surface area contributed by atoms with Gasteiger partial charge in [0.1, 0.15) is 0 Å². The summed E-state index contributed by atoms with van der Waals surface area (Å²) in [6.45, 7) is 8.13. The van der Waals surface area contributed by atoms with E-state index in [0.29, 0.717) is 19.7 Å². The summed E-state index contributed by atoms with van der Waals surface area (Å²) in [6.07, 6.45) is 1.76. The van der Waals surface area contributed by atoms with E-state index >= 15 is 0 Å². The van der Waals surface area contributed by atoms with Crippen LogP contribution in [0.1, 0.15) is 37.8 Å². The van der Waals surface area contributed by atoms with E-state index in [1.807, 2.05) is 45.0 Å². The average molecular weight is 332 g/mol. The maximum Gasteiger partial charge on any atom is 0.310 e. The first kappa shape index (κ1) is 18.5. The molecule has 5 nitrogen and oxygen atoms in total. The Bertz CT molecular complexity index is 556. The lowest BCUT2D eigenvalue weighted by Crippen LogP contribution is -2.50. The van der Waals surface area contributed by atoms with Gasteiger partial charge in [-0.25, -0.2) is 0 Å². The molecule has 2 rings (SSSR count). The first-order valence-corrected chi connectivity index (χ1v) is 8.75. The van der Waals surface area contributed by atoms with Crippen LogP contribution in [0.15, 0.2) is 24.3 Å². The molecule has 2 unspecified atom stereocenters. The molecular weight excluding hydrogens is 304 g/mol. The van der Waals surface area contributed by atoms with E-state index in [4.69, 9.17) is 4.74 Å². The minimum absolute atomic E-state index is 0.0000777. The molecule has 0 radical (unpaired) electrons. The highest BCUT2D eigenvalue weighted by Crippen LogP contribution is 2.20. The van der Waals surface area contributed by atoms with Crippen LogP contribution in [0.3, 0.4) is 0 Å². The zero-order valence-electron chi connectivity index (χ0n) is 14.9. The van der Waals surface area contributed by atoms with Crippen molar-refractivity contribution in [2.24, 2.45) is 5.92 Å². The molecule has 1 saturated heterocycles. The summed E-state index contributed by atoms with van der Waals surface area (Å²) >= 11 is 0. The third-order valence-corrected chi connectivity index (χ3v) is 4.59. The highest BCUT2D eigenvalue weighted by atomic mass is 16.5. The summed E-state index contributed by atoms with van der Waals surface area (Å²) in [5, 5.41) is 2.99. The molecule has 132 valence electrons. The van der Waals surface area contributed by atoms with E-state index in [9.17, 15) is 9.59 Å². The zero-order chi connectivity index (χ0) is 17.5. The fourth-order valence-electron chi connectivity index (χ4n) is 3.02. The minimum Gasteiger partial charge on any atom is -0.466 e. The van der Waals surface area contributed by atoms with Gasteiger partial charge in [-0.1, -0.05) is 29.8 Å². The summed E-state index contributed by atoms with van der Waals surface area (Å²) < 4.78 is 5.12. The van der Waals surface area contributed by atoms with Crippen LogP contribution in [0, 0.1) is 12.8 Å². The molecule has 0 spiro atoms. The molecule has 24 heavy (non-hydrogen) atoms. The van der Waals surface area contributed by atoms with Crippen molar-refractivity contribution < 1.29 is 14.3 Å². The topological polar surface area (TPSA) is 58.6 Å². The van der Waals surface area contributed by atoms with Crippen molar-refractivity contribution in [3.8, 4) is 0 Å². The number of esters is 1. The lowest BCUT2D eigenvalue weighted by molar-refractivity contribution is -0.151. The number of piperidine rings is 1. The van der Waals surface area contributed by atoms with E-state index in [1.54, 1.807) is 0 Å². The van der Waals surface area contributed by atoms with Gasteiger partial charge in [0.15, 0.2) is 0 Å². The minimum atomic E-state index is -0.243. The largest absolute Gasteiger partial charge is 0.466 e. The van der Waals surface area contributed by atoms with Gasteiger partial charge in [-0.15, -0.1) is 0 Å². The number of ether oxygens (including phenoxy) is 1. The van der Waals surface area contributed by atoms with Crippen molar-refractivity contribution in [3.63, 3.8) is 0 Å². The van der Waals surface area contributed by atoms with Crippen LogP contribution in [0.5, 0.6) is 0 Å². The monoisotopic (exact) mass is 332 g/mol. The van der Waals surface area contributed by atoms with Gasteiger partial charge in [0, 0.05) is 13.1 Å². The second-order valence-electron chi connectivity index (χ2n) is 6.47. The SMILES string of the molecule is CCOC(=O)C1CCCN(C(C)C(=O)NCc2ccc(C)cc2)C1. The highest BCUT2D eigenvalue weighted by Gasteiger charge is 2.31. The molecule has 1 aromatic carbocycles. The molecule has 1 aliphatic rings. The predicted octanol–water partition coefficient (Wildman–Crippen LogP) is 2.27. The number of likely N-dealkylation sites (tertiary alicyclic amines) is 1. The van der Waals surface area contributed by atoms with Crippen molar-refractivity contribution in [3.05, 3.63) is 35.4 Å². The lowest BCUT2D eigenvalue weighted by atomic mass is 9.97. The quantitative estimate of drug-likeness (QED) is 0.812. The summed E-state index contributed by atoms with van der Waals surface area (Å²) in [6, 6.07) is 7.89. The number of nitrogens with one attached hydrogen (secondary N) is 1. The third kappa shape index (κ3) is 5.06. The molecule has 0 aliphatic carbocycles.